The van der Waals surface area contributed by atoms with E-state index in [4.69, 9.17) is 9.47 Å². The average molecular weight is 389 g/mol. The van der Waals surface area contributed by atoms with Gasteiger partial charge in [0.2, 0.25) is 11.7 Å². The lowest BCUT2D eigenvalue weighted by Crippen LogP contribution is -2.25. The molecule has 0 aliphatic rings. The molecule has 0 aliphatic heterocycles. The van der Waals surface area contributed by atoms with E-state index in [9.17, 15) is 14.4 Å². The van der Waals surface area contributed by atoms with Crippen molar-refractivity contribution in [1.29, 1.82) is 0 Å². The van der Waals surface area contributed by atoms with Gasteiger partial charge >= 0.3 is 5.97 Å². The molecule has 2 aromatic rings. The number of rotatable bonds is 7. The Hall–Kier alpha value is -2.67. The monoisotopic (exact) mass is 389 g/mol. The zero-order valence-electron chi connectivity index (χ0n) is 16.0. The maximum atomic E-state index is 12.6. The van der Waals surface area contributed by atoms with E-state index in [1.807, 2.05) is 13.8 Å². The Kier molecular flexibility index (Phi) is 6.74. The molecule has 1 atom stereocenters. The molecule has 0 saturated heterocycles. The van der Waals surface area contributed by atoms with Crippen molar-refractivity contribution in [3.63, 3.8) is 0 Å². The molecule has 1 aromatic heterocycles. The number of esters is 1. The Morgan fingerprint density at radius 2 is 1.78 bits per heavy atom. The maximum Gasteiger partial charge on any atom is 0.342 e. The summed E-state index contributed by atoms with van der Waals surface area (Å²) < 4.78 is 10.7. The number of benzene rings is 1. The SMILES string of the molecule is CCOc1ccc(C(=O)[C@H](C)OC(=O)c2c(NC(C)=O)sc(C)c2C)cc1. The van der Waals surface area contributed by atoms with E-state index >= 15 is 0 Å². The van der Waals surface area contributed by atoms with Gasteiger partial charge in [0.1, 0.15) is 10.8 Å². The van der Waals surface area contributed by atoms with E-state index in [-0.39, 0.29) is 11.7 Å². The van der Waals surface area contributed by atoms with Crippen LogP contribution in [0.15, 0.2) is 24.3 Å². The van der Waals surface area contributed by atoms with E-state index in [0.717, 1.165) is 10.4 Å². The third-order valence-electron chi connectivity index (χ3n) is 3.98. The van der Waals surface area contributed by atoms with Crippen LogP contribution in [-0.4, -0.2) is 30.4 Å². The van der Waals surface area contributed by atoms with Crippen LogP contribution in [0.25, 0.3) is 0 Å². The molecule has 0 bridgehead atoms. The number of carbonyl (C=O) groups excluding carboxylic acids is 3. The van der Waals surface area contributed by atoms with Crippen molar-refractivity contribution in [3.05, 3.63) is 45.8 Å². The van der Waals surface area contributed by atoms with Crippen molar-refractivity contribution in [1.82, 2.24) is 0 Å². The number of ether oxygens (including phenoxy) is 2. The molecule has 1 amide bonds. The highest BCUT2D eigenvalue weighted by Crippen LogP contribution is 2.33. The van der Waals surface area contributed by atoms with E-state index in [1.54, 1.807) is 31.2 Å². The molecule has 7 heteroatoms. The lowest BCUT2D eigenvalue weighted by molar-refractivity contribution is -0.114. The van der Waals surface area contributed by atoms with Crippen molar-refractivity contribution in [2.24, 2.45) is 0 Å². The van der Waals surface area contributed by atoms with Gasteiger partial charge in [-0.3, -0.25) is 9.59 Å². The zero-order chi connectivity index (χ0) is 20.1. The molecule has 144 valence electrons. The summed E-state index contributed by atoms with van der Waals surface area (Å²) in [6.45, 7) is 8.96. The molecular weight excluding hydrogens is 366 g/mol. The van der Waals surface area contributed by atoms with Crippen LogP contribution in [0, 0.1) is 13.8 Å². The number of anilines is 1. The fraction of sp³-hybridized carbons (Fsp3) is 0.350. The standard InChI is InChI=1S/C20H23NO5S/c1-6-25-16-9-7-15(8-10-16)18(23)12(3)26-20(24)17-11(2)13(4)27-19(17)21-14(5)22/h7-10,12H,6H2,1-5H3,(H,21,22)/t12-/m0/s1. The first-order valence-electron chi connectivity index (χ1n) is 8.60. The fourth-order valence-corrected chi connectivity index (χ4v) is 3.61. The summed E-state index contributed by atoms with van der Waals surface area (Å²) in [6, 6.07) is 6.68. The topological polar surface area (TPSA) is 81.7 Å². The van der Waals surface area contributed by atoms with Crippen molar-refractivity contribution in [2.75, 3.05) is 11.9 Å². The highest BCUT2D eigenvalue weighted by molar-refractivity contribution is 7.16. The number of amides is 1. The van der Waals surface area contributed by atoms with Crippen LogP contribution >= 0.6 is 11.3 Å². The van der Waals surface area contributed by atoms with Crippen molar-refractivity contribution in [3.8, 4) is 5.75 Å². The number of carbonyl (C=O) groups is 3. The molecule has 0 aliphatic carbocycles. The summed E-state index contributed by atoms with van der Waals surface area (Å²) in [4.78, 5) is 37.5. The van der Waals surface area contributed by atoms with E-state index in [2.05, 4.69) is 5.32 Å². The second kappa shape index (κ2) is 8.81. The summed E-state index contributed by atoms with van der Waals surface area (Å²) in [5, 5.41) is 3.08. The number of thiophene rings is 1. The van der Waals surface area contributed by atoms with Gasteiger partial charge in [0, 0.05) is 17.4 Å². The van der Waals surface area contributed by atoms with Gasteiger partial charge in [0.15, 0.2) is 6.10 Å². The quantitative estimate of drug-likeness (QED) is 0.568. The Labute approximate surface area is 162 Å². The largest absolute Gasteiger partial charge is 0.494 e. The molecule has 0 spiro atoms. The summed E-state index contributed by atoms with van der Waals surface area (Å²) in [5.74, 6) is -0.545. The van der Waals surface area contributed by atoms with Crippen LogP contribution in [0.4, 0.5) is 5.00 Å². The molecule has 1 heterocycles. The van der Waals surface area contributed by atoms with Gasteiger partial charge in [-0.2, -0.15) is 0 Å². The zero-order valence-corrected chi connectivity index (χ0v) is 16.9. The summed E-state index contributed by atoms with van der Waals surface area (Å²) in [5.41, 5.74) is 1.45. The number of Topliss-reactive ketones (excluding diaryl/α,β-unsaturated/α-hetero) is 1. The fourth-order valence-electron chi connectivity index (χ4n) is 2.51. The Morgan fingerprint density at radius 3 is 2.33 bits per heavy atom. The first kappa shape index (κ1) is 20.6. The van der Waals surface area contributed by atoms with Crippen LogP contribution < -0.4 is 10.1 Å². The number of hydrogen-bond acceptors (Lipinski definition) is 6. The molecule has 0 radical (unpaired) electrons. The van der Waals surface area contributed by atoms with Gasteiger partial charge in [-0.05, 0) is 57.5 Å². The average Bonchev–Trinajstić information content (AvgIpc) is 2.88. The molecule has 0 fully saturated rings. The number of nitrogens with one attached hydrogen (secondary N) is 1. The predicted octanol–water partition coefficient (Wildman–Crippen LogP) is 4.15. The van der Waals surface area contributed by atoms with Crippen LogP contribution in [0.1, 0.15) is 51.9 Å². The minimum atomic E-state index is -0.958. The van der Waals surface area contributed by atoms with Crippen molar-refractivity contribution < 1.29 is 23.9 Å². The Morgan fingerprint density at radius 1 is 1.15 bits per heavy atom. The van der Waals surface area contributed by atoms with Gasteiger partial charge in [-0.15, -0.1) is 11.3 Å². The molecule has 0 saturated carbocycles. The Balaban J connectivity index is 2.15. The highest BCUT2D eigenvalue weighted by atomic mass is 32.1. The minimum absolute atomic E-state index is 0.274. The first-order chi connectivity index (χ1) is 12.7. The van der Waals surface area contributed by atoms with Crippen LogP contribution in [0.3, 0.4) is 0 Å². The number of aryl methyl sites for hydroxylation is 1. The molecular formula is C20H23NO5S. The number of hydrogen-bond donors (Lipinski definition) is 1. The lowest BCUT2D eigenvalue weighted by atomic mass is 10.1. The van der Waals surface area contributed by atoms with Gasteiger partial charge in [0.25, 0.3) is 0 Å². The second-order valence-electron chi connectivity index (χ2n) is 6.04. The predicted molar refractivity (Wildman–Crippen MR) is 105 cm³/mol. The smallest absolute Gasteiger partial charge is 0.342 e. The van der Waals surface area contributed by atoms with Gasteiger partial charge in [0.05, 0.1) is 12.2 Å². The van der Waals surface area contributed by atoms with Gasteiger partial charge in [-0.1, -0.05) is 0 Å². The lowest BCUT2D eigenvalue weighted by Gasteiger charge is -2.14. The molecule has 0 unspecified atom stereocenters. The van der Waals surface area contributed by atoms with Gasteiger partial charge < -0.3 is 14.8 Å². The van der Waals surface area contributed by atoms with E-state index < -0.39 is 12.1 Å². The molecule has 2 rings (SSSR count). The summed E-state index contributed by atoms with van der Waals surface area (Å²) in [7, 11) is 0. The van der Waals surface area contributed by atoms with E-state index in [1.165, 1.54) is 25.2 Å². The van der Waals surface area contributed by atoms with Crippen LogP contribution in [0.2, 0.25) is 0 Å². The molecule has 27 heavy (non-hydrogen) atoms. The summed E-state index contributed by atoms with van der Waals surface area (Å²) >= 11 is 1.30. The molecule has 1 N–H and O–H groups in total. The molecule has 6 nitrogen and oxygen atoms in total. The summed E-state index contributed by atoms with van der Waals surface area (Å²) in [6.07, 6.45) is -0.958. The van der Waals surface area contributed by atoms with Crippen molar-refractivity contribution >= 4 is 34.0 Å². The number of ketones is 1. The first-order valence-corrected chi connectivity index (χ1v) is 9.41. The third-order valence-corrected chi connectivity index (χ3v) is 5.10. The molecule has 1 aromatic carbocycles. The Bertz CT molecular complexity index is 854. The minimum Gasteiger partial charge on any atom is -0.494 e. The van der Waals surface area contributed by atoms with E-state index in [0.29, 0.717) is 28.5 Å². The second-order valence-corrected chi connectivity index (χ2v) is 7.26. The highest BCUT2D eigenvalue weighted by Gasteiger charge is 2.26. The third kappa shape index (κ3) is 4.95. The van der Waals surface area contributed by atoms with Gasteiger partial charge in [-0.25, -0.2) is 4.79 Å². The normalized spacial score (nSPS) is 11.6. The van der Waals surface area contributed by atoms with Crippen molar-refractivity contribution in [2.45, 2.75) is 40.7 Å². The van der Waals surface area contributed by atoms with Crippen LogP contribution in [-0.2, 0) is 9.53 Å². The van der Waals surface area contributed by atoms with Crippen LogP contribution in [0.5, 0.6) is 5.75 Å². The maximum absolute atomic E-state index is 12.6.